The van der Waals surface area contributed by atoms with Gasteiger partial charge in [0.1, 0.15) is 0 Å². The third kappa shape index (κ3) is 20.0. The minimum atomic E-state index is -2.76. The zero-order chi connectivity index (χ0) is 34.3. The lowest BCUT2D eigenvalue weighted by molar-refractivity contribution is -0.105. The fraction of sp³-hybridized carbons (Fsp3) is 0.538. The fourth-order valence-corrected chi connectivity index (χ4v) is 72.3. The molecule has 0 spiro atoms. The first kappa shape index (κ1) is 50.4. The molecule has 0 nitrogen and oxygen atoms in total. The summed E-state index contributed by atoms with van der Waals surface area (Å²) in [7, 11) is 47.3. The molecule has 1 aromatic carbocycles. The Hall–Kier alpha value is 6.42. The first-order chi connectivity index (χ1) is 21.9. The van der Waals surface area contributed by atoms with E-state index >= 15 is 0 Å². The van der Waals surface area contributed by atoms with Crippen LogP contribution in [-0.2, 0) is 273 Å². The molecule has 0 unspecified atom stereocenters. The lowest BCUT2D eigenvalue weighted by Gasteiger charge is -2.35. The summed E-state index contributed by atoms with van der Waals surface area (Å²) in [5.41, 5.74) is -0.838. The van der Waals surface area contributed by atoms with Gasteiger partial charge in [-0.25, -0.2) is 8.78 Å². The first-order valence-corrected chi connectivity index (χ1v) is 49.0. The van der Waals surface area contributed by atoms with E-state index in [4.69, 9.17) is 22.4 Å². The van der Waals surface area contributed by atoms with E-state index in [-0.39, 0.29) is 0 Å². The van der Waals surface area contributed by atoms with E-state index in [0.29, 0.717) is 0 Å². The van der Waals surface area contributed by atoms with E-state index in [1.54, 1.807) is 152 Å². The standard InChI is InChI=1S/C13H14Br2F2.S29/c1-11(2)7-5-9(14)10(15)6-8(7)12(3,4)13(11,16)17;1-3-5-7-9-11-13-15-17-19-21-23-25-27-29-28-26-24-22-20-18-16-14-12-10-8-6-4-2/h5-6H,1-4H3;. The lowest BCUT2D eigenvalue weighted by atomic mass is 9.77. The van der Waals surface area contributed by atoms with Gasteiger partial charge in [-0.2, -0.15) is 0 Å². The van der Waals surface area contributed by atoms with Crippen LogP contribution in [0, 0.1) is 0 Å². The Morgan fingerprint density at radius 1 is 0.413 bits per heavy atom. The van der Waals surface area contributed by atoms with E-state index in [9.17, 15) is 8.78 Å². The van der Waals surface area contributed by atoms with Gasteiger partial charge < -0.3 is 0 Å². The number of halogens is 4. The largest absolute Gasteiger partial charge is 0.266 e. The molecule has 0 heterocycles. The molecule has 0 N–H and O–H groups in total. The Labute approximate surface area is 370 Å². The average molecular weight is 1300 g/mol. The quantitative estimate of drug-likeness (QED) is 0.345. The summed E-state index contributed by atoms with van der Waals surface area (Å²) in [4.78, 5) is 0. The van der Waals surface area contributed by atoms with E-state index in [1.807, 2.05) is 110 Å². The summed E-state index contributed by atoms with van der Waals surface area (Å²) in [6, 6.07) is 3.62. The highest BCUT2D eigenvalue weighted by molar-refractivity contribution is 9.13. The molecule has 0 amide bonds. The van der Waals surface area contributed by atoms with Crippen molar-refractivity contribution in [3.63, 3.8) is 0 Å². The van der Waals surface area contributed by atoms with Gasteiger partial charge in [0.25, 0.3) is 5.92 Å². The number of hydrogen-bond donors (Lipinski definition) is 0. The fourth-order valence-electron chi connectivity index (χ4n) is 2.98. The Balaban J connectivity index is 0.000000522. The van der Waals surface area contributed by atoms with Gasteiger partial charge in [-0.1, -0.05) is 0 Å². The lowest BCUT2D eigenvalue weighted by Crippen LogP contribution is -2.46. The van der Waals surface area contributed by atoms with E-state index < -0.39 is 16.8 Å². The highest BCUT2D eigenvalue weighted by Crippen LogP contribution is 2.60. The van der Waals surface area contributed by atoms with Gasteiger partial charge in [0, 0.05) is 271 Å². The smallest absolute Gasteiger partial charge is 0.205 e. The third-order valence-electron chi connectivity index (χ3n) is 4.70. The molecule has 0 bridgehead atoms. The molecule has 0 fully saturated rings. The first-order valence-electron chi connectivity index (χ1n) is 10.1. The highest BCUT2D eigenvalue weighted by Gasteiger charge is 2.65. The zero-order valence-electron chi connectivity index (χ0n) is 22.0. The molecular formula is C13H14Br2F2S29. The van der Waals surface area contributed by atoms with Gasteiger partial charge in [-0.15, -0.1) is 0 Å². The molecule has 2 rings (SSSR count). The van der Waals surface area contributed by atoms with Crippen LogP contribution in [0.2, 0.25) is 0 Å². The van der Waals surface area contributed by atoms with Crippen LogP contribution in [0.3, 0.4) is 0 Å². The minimum absolute atomic E-state index is 0.725. The van der Waals surface area contributed by atoms with Gasteiger partial charge in [-0.05, 0) is 82.8 Å². The van der Waals surface area contributed by atoms with Crippen LogP contribution in [0.15, 0.2) is 21.1 Å². The van der Waals surface area contributed by atoms with Crippen LogP contribution in [0.4, 0.5) is 8.78 Å². The SMILES string of the molecule is CC1(C)c2cc(Br)c(Br)cc2C(C)(C)C1(F)F.S=S=S=S=S=S=S=S=S=S=S=S=S=S=S=S=S=S=S=S=S=S=S=S=S=S=S=S=S. The molecule has 46 heavy (non-hydrogen) atoms. The molecule has 0 aliphatic heterocycles. The van der Waals surface area contributed by atoms with Crippen LogP contribution < -0.4 is 0 Å². The maximum Gasteiger partial charge on any atom is 0.266 e. The molecule has 0 radical (unpaired) electrons. The van der Waals surface area contributed by atoms with Crippen molar-refractivity contribution in [2.75, 3.05) is 0 Å². The summed E-state index contributed by atoms with van der Waals surface area (Å²) < 4.78 is 30.7. The third-order valence-corrected chi connectivity index (χ3v) is 64.3. The summed E-state index contributed by atoms with van der Waals surface area (Å²) in [5.74, 6) is -2.76. The van der Waals surface area contributed by atoms with Crippen LogP contribution in [0.5, 0.6) is 0 Å². The zero-order valence-corrected chi connectivity index (χ0v) is 48.9. The van der Waals surface area contributed by atoms with Gasteiger partial charge in [0.2, 0.25) is 0 Å². The van der Waals surface area contributed by atoms with E-state index in [2.05, 4.69) is 31.9 Å². The monoisotopic (exact) mass is 1290 g/mol. The molecule has 1 aliphatic rings. The van der Waals surface area contributed by atoms with Crippen molar-refractivity contribution in [2.45, 2.75) is 44.4 Å². The number of rotatable bonds is 0. The second kappa shape index (κ2) is 30.5. The number of alkyl halides is 2. The predicted molar refractivity (Wildman–Crippen MR) is 286 cm³/mol. The van der Waals surface area contributed by atoms with Gasteiger partial charge >= 0.3 is 0 Å². The normalized spacial score (nSPS) is 13.5. The predicted octanol–water partition coefficient (Wildman–Crippen LogP) is 5.35. The van der Waals surface area contributed by atoms with Crippen LogP contribution in [0.1, 0.15) is 38.8 Å². The molecular weight excluding hydrogens is 1280 g/mol. The van der Waals surface area contributed by atoms with Crippen molar-refractivity contribution < 1.29 is 8.78 Å². The second-order valence-electron chi connectivity index (χ2n) is 7.47. The summed E-state index contributed by atoms with van der Waals surface area (Å²) in [6.45, 7) is 6.45. The number of hydrogen-bond acceptors (Lipinski definition) is 2. The van der Waals surface area contributed by atoms with Crippen molar-refractivity contribution in [1.29, 1.82) is 0 Å². The minimum Gasteiger partial charge on any atom is -0.205 e. The van der Waals surface area contributed by atoms with Crippen molar-refractivity contribution in [3.05, 3.63) is 32.2 Å². The molecule has 1 aromatic rings. The topological polar surface area (TPSA) is 0 Å². The Morgan fingerprint density at radius 2 is 0.587 bits per heavy atom. The average Bonchev–Trinajstić information content (AvgIpc) is 3.11. The van der Waals surface area contributed by atoms with E-state index in [1.165, 1.54) is 17.8 Å². The molecule has 0 saturated carbocycles. The van der Waals surface area contributed by atoms with Crippen molar-refractivity contribution in [1.82, 2.24) is 0 Å². The summed E-state index contributed by atoms with van der Waals surface area (Å²) in [6.07, 6.45) is 0. The number of benzene rings is 1. The second-order valence-corrected chi connectivity index (χ2v) is 56.9. The van der Waals surface area contributed by atoms with Crippen molar-refractivity contribution in [2.24, 2.45) is 0 Å². The molecule has 33 heteroatoms. The molecule has 268 valence electrons. The highest BCUT2D eigenvalue weighted by atomic mass is 79.9. The Morgan fingerprint density at radius 3 is 0.761 bits per heavy atom. The Bertz CT molecular complexity index is 2370. The van der Waals surface area contributed by atoms with Gasteiger partial charge in [-0.3, -0.25) is 0 Å². The summed E-state index contributed by atoms with van der Waals surface area (Å²) >= 11 is 16.3. The Kier molecular flexibility index (Phi) is 33.5. The number of fused-ring (bicyclic) bond motifs is 1. The summed E-state index contributed by atoms with van der Waals surface area (Å²) in [5, 5.41) is 0. The molecule has 0 saturated heterocycles. The molecule has 0 aromatic heterocycles. The van der Waals surface area contributed by atoms with E-state index in [0.717, 1.165) is 20.1 Å². The van der Waals surface area contributed by atoms with Crippen molar-refractivity contribution in [3.8, 4) is 0 Å². The maximum absolute atomic E-state index is 14.5. The van der Waals surface area contributed by atoms with Crippen molar-refractivity contribution >= 4 is 294 Å². The van der Waals surface area contributed by atoms with Gasteiger partial charge in [0.05, 0.1) is 10.8 Å². The van der Waals surface area contributed by atoms with Crippen LogP contribution in [0.25, 0.3) is 0 Å². The van der Waals surface area contributed by atoms with Crippen LogP contribution >= 0.6 is 31.9 Å². The van der Waals surface area contributed by atoms with Crippen LogP contribution in [-0.4, -0.2) is 5.92 Å². The molecule has 1 aliphatic carbocycles. The molecule has 0 atom stereocenters. The maximum atomic E-state index is 14.5. The van der Waals surface area contributed by atoms with Gasteiger partial charge in [0.15, 0.2) is 0 Å².